The van der Waals surface area contributed by atoms with Crippen LogP contribution < -0.4 is 5.32 Å². The normalized spacial score (nSPS) is 14.9. The molecule has 1 aliphatic rings. The first-order valence-corrected chi connectivity index (χ1v) is 5.41. The van der Waals surface area contributed by atoms with E-state index in [9.17, 15) is 13.6 Å². The number of rotatable bonds is 3. The maximum absolute atomic E-state index is 13.6. The first kappa shape index (κ1) is 11.0. The molecule has 0 heterocycles. The third-order valence-electron chi connectivity index (χ3n) is 2.72. The van der Waals surface area contributed by atoms with Gasteiger partial charge < -0.3 is 5.32 Å². The molecule has 86 valence electrons. The van der Waals surface area contributed by atoms with Crippen molar-refractivity contribution in [2.45, 2.75) is 32.1 Å². The average molecular weight is 225 g/mol. The van der Waals surface area contributed by atoms with E-state index in [1.165, 1.54) is 6.07 Å². The lowest BCUT2D eigenvalue weighted by Gasteiger charge is -2.08. The third-order valence-corrected chi connectivity index (χ3v) is 2.72. The van der Waals surface area contributed by atoms with E-state index in [1.54, 1.807) is 13.0 Å². The van der Waals surface area contributed by atoms with E-state index in [-0.39, 0.29) is 23.9 Å². The second-order valence-electron chi connectivity index (χ2n) is 4.01. The molecule has 0 saturated heterocycles. The molecular formula is C12H13F2NO. The molecule has 0 bridgehead atoms. The Morgan fingerprint density at radius 1 is 1.38 bits per heavy atom. The van der Waals surface area contributed by atoms with Crippen molar-refractivity contribution in [1.29, 1.82) is 0 Å². The predicted molar refractivity (Wildman–Crippen MR) is 57.3 cm³/mol. The molecule has 0 aromatic heterocycles. The molecule has 1 aromatic carbocycles. The Kier molecular flexibility index (Phi) is 2.90. The maximum atomic E-state index is 13.6. The van der Waals surface area contributed by atoms with Crippen molar-refractivity contribution >= 4 is 11.6 Å². The Balaban J connectivity index is 2.27. The van der Waals surface area contributed by atoms with Gasteiger partial charge in [0.25, 0.3) is 0 Å². The Hall–Kier alpha value is -1.45. The predicted octanol–water partition coefficient (Wildman–Crippen LogP) is 3.19. The third kappa shape index (κ3) is 2.05. The molecule has 1 aromatic rings. The molecular weight excluding hydrogens is 212 g/mol. The van der Waals surface area contributed by atoms with Crippen LogP contribution in [0.15, 0.2) is 12.1 Å². The highest BCUT2D eigenvalue weighted by molar-refractivity contribution is 5.90. The molecule has 2 rings (SSSR count). The molecule has 0 unspecified atom stereocenters. The van der Waals surface area contributed by atoms with Crippen molar-refractivity contribution in [1.82, 2.24) is 0 Å². The van der Waals surface area contributed by atoms with Gasteiger partial charge in [-0.05, 0) is 30.4 Å². The molecule has 0 radical (unpaired) electrons. The largest absolute Gasteiger partial charge is 0.324 e. The lowest BCUT2D eigenvalue weighted by molar-refractivity contribution is -0.115. The molecule has 0 aliphatic heterocycles. The molecule has 0 spiro atoms. The highest BCUT2D eigenvalue weighted by Gasteiger charge is 2.28. The number of benzene rings is 1. The van der Waals surface area contributed by atoms with Gasteiger partial charge in [-0.25, -0.2) is 8.78 Å². The lowest BCUT2D eigenvalue weighted by atomic mass is 10.1. The Morgan fingerprint density at radius 2 is 2.06 bits per heavy atom. The number of nitrogens with one attached hydrogen (secondary N) is 1. The molecule has 1 amide bonds. The first-order valence-electron chi connectivity index (χ1n) is 5.41. The molecule has 2 nitrogen and oxygen atoms in total. The smallest absolute Gasteiger partial charge is 0.224 e. The van der Waals surface area contributed by atoms with E-state index < -0.39 is 11.6 Å². The van der Waals surface area contributed by atoms with Gasteiger partial charge in [0.2, 0.25) is 5.91 Å². The average Bonchev–Trinajstić information content (AvgIpc) is 3.09. The van der Waals surface area contributed by atoms with Gasteiger partial charge in [-0.15, -0.1) is 0 Å². The van der Waals surface area contributed by atoms with Crippen molar-refractivity contribution in [2.24, 2.45) is 0 Å². The molecule has 1 N–H and O–H groups in total. The van der Waals surface area contributed by atoms with E-state index in [1.807, 2.05) is 0 Å². The van der Waals surface area contributed by atoms with Crippen molar-refractivity contribution in [3.8, 4) is 0 Å². The number of hydrogen-bond acceptors (Lipinski definition) is 1. The van der Waals surface area contributed by atoms with Crippen molar-refractivity contribution in [3.05, 3.63) is 29.3 Å². The zero-order valence-corrected chi connectivity index (χ0v) is 9.02. The number of hydrogen-bond donors (Lipinski definition) is 1. The number of amides is 1. The summed E-state index contributed by atoms with van der Waals surface area (Å²) in [5, 5.41) is 2.33. The lowest BCUT2D eigenvalue weighted by Crippen LogP contribution is -2.12. The SMILES string of the molecule is CCC(=O)Nc1ccc(C2CC2)c(F)c1F. The summed E-state index contributed by atoms with van der Waals surface area (Å²) in [5.74, 6) is -1.94. The van der Waals surface area contributed by atoms with Crippen LogP contribution in [-0.4, -0.2) is 5.91 Å². The van der Waals surface area contributed by atoms with Crippen LogP contribution in [0.1, 0.15) is 37.7 Å². The van der Waals surface area contributed by atoms with E-state index >= 15 is 0 Å². The van der Waals surface area contributed by atoms with Crippen molar-refractivity contribution in [2.75, 3.05) is 5.32 Å². The zero-order valence-electron chi connectivity index (χ0n) is 9.02. The summed E-state index contributed by atoms with van der Waals surface area (Å²) in [6.45, 7) is 1.65. The molecule has 1 fully saturated rings. The van der Waals surface area contributed by atoms with Gasteiger partial charge in [-0.3, -0.25) is 4.79 Å². The Morgan fingerprint density at radius 3 is 2.62 bits per heavy atom. The van der Waals surface area contributed by atoms with E-state index in [0.29, 0.717) is 5.56 Å². The topological polar surface area (TPSA) is 29.1 Å². The van der Waals surface area contributed by atoms with Gasteiger partial charge in [0.15, 0.2) is 11.6 Å². The Bertz CT molecular complexity index is 427. The summed E-state index contributed by atoms with van der Waals surface area (Å²) in [6, 6.07) is 2.99. The molecule has 1 aliphatic carbocycles. The van der Waals surface area contributed by atoms with Crippen LogP contribution in [0.25, 0.3) is 0 Å². The molecule has 4 heteroatoms. The molecule has 0 atom stereocenters. The van der Waals surface area contributed by atoms with Gasteiger partial charge in [-0.1, -0.05) is 13.0 Å². The number of carbonyl (C=O) groups is 1. The summed E-state index contributed by atoms with van der Waals surface area (Å²) >= 11 is 0. The minimum absolute atomic E-state index is 0.0752. The number of carbonyl (C=O) groups excluding carboxylic acids is 1. The quantitative estimate of drug-likeness (QED) is 0.840. The van der Waals surface area contributed by atoms with Crippen molar-refractivity contribution < 1.29 is 13.6 Å². The fourth-order valence-corrected chi connectivity index (χ4v) is 1.61. The zero-order chi connectivity index (χ0) is 11.7. The van der Waals surface area contributed by atoms with E-state index in [2.05, 4.69) is 5.32 Å². The van der Waals surface area contributed by atoms with Crippen LogP contribution in [-0.2, 0) is 4.79 Å². The maximum Gasteiger partial charge on any atom is 0.224 e. The van der Waals surface area contributed by atoms with Gasteiger partial charge in [-0.2, -0.15) is 0 Å². The summed E-state index contributed by atoms with van der Waals surface area (Å²) in [4.78, 5) is 11.1. The highest BCUT2D eigenvalue weighted by Crippen LogP contribution is 2.42. The fourth-order valence-electron chi connectivity index (χ4n) is 1.61. The molecule has 16 heavy (non-hydrogen) atoms. The minimum atomic E-state index is -0.953. The Labute approximate surface area is 92.7 Å². The standard InChI is InChI=1S/C12H13F2NO/c1-2-10(16)15-9-6-5-8(7-3-4-7)11(13)12(9)14/h5-7H,2-4H2,1H3,(H,15,16). The fraction of sp³-hybridized carbons (Fsp3) is 0.417. The second kappa shape index (κ2) is 4.20. The summed E-state index contributed by atoms with van der Waals surface area (Å²) in [5.41, 5.74) is 0.348. The first-order chi connectivity index (χ1) is 7.63. The second-order valence-corrected chi connectivity index (χ2v) is 4.01. The van der Waals surface area contributed by atoms with Crippen LogP contribution in [0.5, 0.6) is 0 Å². The molecule has 1 saturated carbocycles. The van der Waals surface area contributed by atoms with Crippen LogP contribution in [0.3, 0.4) is 0 Å². The van der Waals surface area contributed by atoms with Crippen molar-refractivity contribution in [3.63, 3.8) is 0 Å². The van der Waals surface area contributed by atoms with Gasteiger partial charge in [0.05, 0.1) is 5.69 Å². The summed E-state index contributed by atoms with van der Waals surface area (Å²) in [6.07, 6.45) is 2.07. The highest BCUT2D eigenvalue weighted by atomic mass is 19.2. The number of halogens is 2. The number of anilines is 1. The van der Waals surface area contributed by atoms with Crippen LogP contribution in [0.4, 0.5) is 14.5 Å². The van der Waals surface area contributed by atoms with Crippen LogP contribution in [0, 0.1) is 11.6 Å². The summed E-state index contributed by atoms with van der Waals surface area (Å²) in [7, 11) is 0. The van der Waals surface area contributed by atoms with E-state index in [0.717, 1.165) is 12.8 Å². The van der Waals surface area contributed by atoms with E-state index in [4.69, 9.17) is 0 Å². The van der Waals surface area contributed by atoms with Gasteiger partial charge >= 0.3 is 0 Å². The van der Waals surface area contributed by atoms with Gasteiger partial charge in [0, 0.05) is 6.42 Å². The summed E-state index contributed by atoms with van der Waals surface area (Å²) < 4.78 is 27.1. The van der Waals surface area contributed by atoms with Crippen LogP contribution >= 0.6 is 0 Å². The van der Waals surface area contributed by atoms with Crippen LogP contribution in [0.2, 0.25) is 0 Å². The van der Waals surface area contributed by atoms with Gasteiger partial charge in [0.1, 0.15) is 0 Å². The monoisotopic (exact) mass is 225 g/mol. The minimum Gasteiger partial charge on any atom is -0.324 e.